The summed E-state index contributed by atoms with van der Waals surface area (Å²) in [5, 5.41) is 2.98. The minimum absolute atomic E-state index is 0.138. The molecule has 1 aliphatic rings. The zero-order chi connectivity index (χ0) is 25.6. The molecule has 2 aromatic carbocycles. The molecule has 2 N–H and O–H groups in total. The maximum atomic E-state index is 12.8. The maximum absolute atomic E-state index is 12.8. The van der Waals surface area contributed by atoms with Gasteiger partial charge in [-0.3, -0.25) is 4.90 Å². The van der Waals surface area contributed by atoms with E-state index in [-0.39, 0.29) is 10.8 Å². The maximum Gasteiger partial charge on any atom is 0.416 e. The van der Waals surface area contributed by atoms with E-state index in [2.05, 4.69) is 24.9 Å². The second-order valence-corrected chi connectivity index (χ2v) is 9.96. The number of benzene rings is 2. The second-order valence-electron chi connectivity index (χ2n) is 8.20. The van der Waals surface area contributed by atoms with Gasteiger partial charge in [-0.05, 0) is 55.4 Å². The fraction of sp³-hybridized carbons (Fsp3) is 0.333. The molecule has 0 saturated carbocycles. The summed E-state index contributed by atoms with van der Waals surface area (Å²) in [6.45, 7) is 4.27. The molecule has 0 radical (unpaired) electrons. The molecule has 36 heavy (non-hydrogen) atoms. The Labute approximate surface area is 207 Å². The van der Waals surface area contributed by atoms with E-state index in [1.807, 2.05) is 0 Å². The molecule has 1 saturated heterocycles. The highest BCUT2D eigenvalue weighted by Gasteiger charge is 2.30. The van der Waals surface area contributed by atoms with Gasteiger partial charge in [0.05, 0.1) is 29.4 Å². The number of aromatic nitrogens is 2. The molecule has 192 valence electrons. The van der Waals surface area contributed by atoms with Crippen LogP contribution in [0.3, 0.4) is 0 Å². The highest BCUT2D eigenvalue weighted by Crippen LogP contribution is 2.30. The number of hydrogen-bond acceptors (Lipinski definition) is 7. The smallest absolute Gasteiger partial charge is 0.379 e. The van der Waals surface area contributed by atoms with Gasteiger partial charge in [0, 0.05) is 37.1 Å². The molecule has 2 heterocycles. The van der Waals surface area contributed by atoms with Gasteiger partial charge in [0.15, 0.2) is 0 Å². The van der Waals surface area contributed by atoms with Gasteiger partial charge < -0.3 is 10.1 Å². The third-order valence-corrected chi connectivity index (χ3v) is 7.11. The monoisotopic (exact) mass is 521 g/mol. The van der Waals surface area contributed by atoms with Gasteiger partial charge in [-0.25, -0.2) is 23.1 Å². The first-order valence-corrected chi connectivity index (χ1v) is 12.9. The molecule has 0 spiro atoms. The van der Waals surface area contributed by atoms with Crippen LogP contribution < -0.4 is 10.0 Å². The van der Waals surface area contributed by atoms with Crippen LogP contribution in [0.25, 0.3) is 11.3 Å². The fourth-order valence-electron chi connectivity index (χ4n) is 3.67. The number of anilines is 2. The molecule has 0 atom stereocenters. The molecule has 0 unspecified atom stereocenters. The first-order valence-electron chi connectivity index (χ1n) is 11.4. The molecule has 12 heteroatoms. The van der Waals surface area contributed by atoms with Crippen molar-refractivity contribution >= 4 is 21.7 Å². The summed E-state index contributed by atoms with van der Waals surface area (Å²) in [6.07, 6.45) is -2.22. The van der Waals surface area contributed by atoms with Gasteiger partial charge in [0.25, 0.3) is 0 Å². The Morgan fingerprint density at radius 2 is 1.67 bits per heavy atom. The fourth-order valence-corrected chi connectivity index (χ4v) is 4.75. The number of halogens is 3. The van der Waals surface area contributed by atoms with Crippen molar-refractivity contribution in [3.63, 3.8) is 0 Å². The lowest BCUT2D eigenvalue weighted by atomic mass is 10.1. The summed E-state index contributed by atoms with van der Waals surface area (Å²) in [5.41, 5.74) is 0.780. The molecule has 3 aromatic rings. The van der Waals surface area contributed by atoms with E-state index in [0.29, 0.717) is 43.1 Å². The van der Waals surface area contributed by atoms with Crippen molar-refractivity contribution in [2.45, 2.75) is 17.5 Å². The van der Waals surface area contributed by atoms with Crippen molar-refractivity contribution in [3.05, 3.63) is 66.4 Å². The number of rotatable bonds is 9. The van der Waals surface area contributed by atoms with Crippen molar-refractivity contribution in [3.8, 4) is 11.3 Å². The van der Waals surface area contributed by atoms with Gasteiger partial charge in [0.1, 0.15) is 0 Å². The molecule has 1 fully saturated rings. The van der Waals surface area contributed by atoms with Gasteiger partial charge in [-0.2, -0.15) is 13.2 Å². The Morgan fingerprint density at radius 3 is 2.33 bits per heavy atom. The molecule has 4 rings (SSSR count). The van der Waals surface area contributed by atoms with E-state index in [9.17, 15) is 21.6 Å². The molecule has 0 bridgehead atoms. The van der Waals surface area contributed by atoms with Crippen molar-refractivity contribution in [2.24, 2.45) is 0 Å². The summed E-state index contributed by atoms with van der Waals surface area (Å²) < 4.78 is 71.5. The first kappa shape index (κ1) is 26.0. The molecule has 8 nitrogen and oxygen atoms in total. The van der Waals surface area contributed by atoms with Gasteiger partial charge in [0.2, 0.25) is 16.0 Å². The predicted octanol–water partition coefficient (Wildman–Crippen LogP) is 3.91. The molecular weight excluding hydrogens is 495 g/mol. The standard InChI is InChI=1S/C24H26F3N5O3S/c25-24(26,27)19-4-2-18(3-5-19)22-10-12-28-23(31-22)30-20-6-8-21(9-7-20)36(33,34)29-11-1-13-32-14-16-35-17-15-32/h2-10,12,29H,1,11,13-17H2,(H,28,30,31). The average molecular weight is 522 g/mol. The summed E-state index contributed by atoms with van der Waals surface area (Å²) >= 11 is 0. The highest BCUT2D eigenvalue weighted by molar-refractivity contribution is 7.89. The van der Waals surface area contributed by atoms with Crippen LogP contribution in [-0.4, -0.2) is 62.7 Å². The number of nitrogens with zero attached hydrogens (tertiary/aromatic N) is 3. The van der Waals surface area contributed by atoms with Crippen molar-refractivity contribution in [1.82, 2.24) is 19.6 Å². The summed E-state index contributed by atoms with van der Waals surface area (Å²) in [6, 6.07) is 12.4. The van der Waals surface area contributed by atoms with Crippen LogP contribution in [-0.2, 0) is 20.9 Å². The lowest BCUT2D eigenvalue weighted by Crippen LogP contribution is -2.38. The van der Waals surface area contributed by atoms with Gasteiger partial charge in [-0.15, -0.1) is 0 Å². The average Bonchev–Trinajstić information content (AvgIpc) is 2.87. The first-order chi connectivity index (χ1) is 17.2. The summed E-state index contributed by atoms with van der Waals surface area (Å²) in [4.78, 5) is 10.9. The molecule has 1 aromatic heterocycles. The molecule has 0 aliphatic carbocycles. The minimum Gasteiger partial charge on any atom is -0.379 e. The SMILES string of the molecule is O=S(=O)(NCCCN1CCOCC1)c1ccc(Nc2nccc(-c3ccc(C(F)(F)F)cc3)n2)cc1. The lowest BCUT2D eigenvalue weighted by molar-refractivity contribution is -0.137. The minimum atomic E-state index is -4.41. The van der Waals surface area contributed by atoms with E-state index in [1.165, 1.54) is 30.5 Å². The zero-order valence-corrected chi connectivity index (χ0v) is 20.1. The molecule has 0 amide bonds. The van der Waals surface area contributed by atoms with Crippen LogP contribution in [0.1, 0.15) is 12.0 Å². The van der Waals surface area contributed by atoms with Crippen LogP contribution in [0, 0.1) is 0 Å². The predicted molar refractivity (Wildman–Crippen MR) is 129 cm³/mol. The van der Waals surface area contributed by atoms with Crippen LogP contribution >= 0.6 is 0 Å². The van der Waals surface area contributed by atoms with Crippen LogP contribution in [0.4, 0.5) is 24.8 Å². The Kier molecular flexibility index (Phi) is 8.19. The Morgan fingerprint density at radius 1 is 0.972 bits per heavy atom. The van der Waals surface area contributed by atoms with Crippen LogP contribution in [0.2, 0.25) is 0 Å². The third-order valence-electron chi connectivity index (χ3n) is 5.63. The quantitative estimate of drug-likeness (QED) is 0.412. The van der Waals surface area contributed by atoms with E-state index < -0.39 is 21.8 Å². The molecule has 1 aliphatic heterocycles. The zero-order valence-electron chi connectivity index (χ0n) is 19.3. The van der Waals surface area contributed by atoms with Crippen LogP contribution in [0.5, 0.6) is 0 Å². The number of nitrogens with one attached hydrogen (secondary N) is 2. The van der Waals surface area contributed by atoms with Crippen LogP contribution in [0.15, 0.2) is 65.7 Å². The number of hydrogen-bond donors (Lipinski definition) is 2. The Balaban J connectivity index is 1.34. The topological polar surface area (TPSA) is 96.5 Å². The van der Waals surface area contributed by atoms with Crippen molar-refractivity contribution in [2.75, 3.05) is 44.7 Å². The lowest BCUT2D eigenvalue weighted by Gasteiger charge is -2.26. The van der Waals surface area contributed by atoms with E-state index in [0.717, 1.165) is 31.8 Å². The highest BCUT2D eigenvalue weighted by atomic mass is 32.2. The summed E-state index contributed by atoms with van der Waals surface area (Å²) in [7, 11) is -3.64. The molecular formula is C24H26F3N5O3S. The Bertz CT molecular complexity index is 1250. The third kappa shape index (κ3) is 7.00. The number of alkyl halides is 3. The van der Waals surface area contributed by atoms with Gasteiger partial charge in [-0.1, -0.05) is 12.1 Å². The Hall–Kier alpha value is -3.06. The number of morpholine rings is 1. The summed E-state index contributed by atoms with van der Waals surface area (Å²) in [5.74, 6) is 0.226. The largest absolute Gasteiger partial charge is 0.416 e. The normalized spacial score (nSPS) is 15.1. The van der Waals surface area contributed by atoms with Gasteiger partial charge >= 0.3 is 6.18 Å². The van der Waals surface area contributed by atoms with E-state index in [4.69, 9.17) is 4.74 Å². The number of sulfonamides is 1. The number of ether oxygens (including phenoxy) is 1. The van der Waals surface area contributed by atoms with Crippen molar-refractivity contribution < 1.29 is 26.3 Å². The second kappa shape index (κ2) is 11.3. The van der Waals surface area contributed by atoms with Crippen molar-refractivity contribution in [1.29, 1.82) is 0 Å². The van der Waals surface area contributed by atoms with E-state index >= 15 is 0 Å². The van der Waals surface area contributed by atoms with E-state index in [1.54, 1.807) is 18.2 Å².